The van der Waals surface area contributed by atoms with Gasteiger partial charge in [-0.25, -0.2) is 0 Å². The minimum atomic E-state index is -0.0514. The molecule has 1 aromatic heterocycles. The number of rotatable bonds is 7. The summed E-state index contributed by atoms with van der Waals surface area (Å²) in [7, 11) is 0. The van der Waals surface area contributed by atoms with Gasteiger partial charge < -0.3 is 10.1 Å². The number of hydrogen-bond acceptors (Lipinski definition) is 3. The molecule has 21 heavy (non-hydrogen) atoms. The molecular weight excluding hydrogens is 262 g/mol. The molecule has 0 aliphatic carbocycles. The first-order valence-electron chi connectivity index (χ1n) is 8.49. The normalized spacial score (nSPS) is 24.2. The molecule has 120 valence electrons. The maximum atomic E-state index is 6.18. The van der Waals surface area contributed by atoms with E-state index in [2.05, 4.69) is 48.9 Å². The summed E-state index contributed by atoms with van der Waals surface area (Å²) in [4.78, 5) is 0. The van der Waals surface area contributed by atoms with E-state index < -0.39 is 0 Å². The zero-order valence-electron chi connectivity index (χ0n) is 14.1. The van der Waals surface area contributed by atoms with Gasteiger partial charge in [0.25, 0.3) is 0 Å². The fourth-order valence-electron chi connectivity index (χ4n) is 3.30. The van der Waals surface area contributed by atoms with Crippen LogP contribution in [0.1, 0.15) is 57.8 Å². The smallest absolute Gasteiger partial charge is 0.0810 e. The van der Waals surface area contributed by atoms with Crippen LogP contribution in [-0.2, 0) is 17.7 Å². The van der Waals surface area contributed by atoms with Crippen molar-refractivity contribution in [3.05, 3.63) is 17.5 Å². The Kier molecular flexibility index (Phi) is 5.82. The van der Waals surface area contributed by atoms with Crippen LogP contribution in [0.3, 0.4) is 0 Å². The molecule has 1 aromatic rings. The maximum absolute atomic E-state index is 6.18. The van der Waals surface area contributed by atoms with Crippen LogP contribution >= 0.6 is 0 Å². The van der Waals surface area contributed by atoms with Crippen LogP contribution in [0.5, 0.6) is 0 Å². The number of hydrogen-bond donors (Lipinski definition) is 1. The Morgan fingerprint density at radius 3 is 2.86 bits per heavy atom. The van der Waals surface area contributed by atoms with Crippen LogP contribution < -0.4 is 5.32 Å². The highest BCUT2D eigenvalue weighted by molar-refractivity contribution is 5.12. The van der Waals surface area contributed by atoms with E-state index in [1.165, 1.54) is 18.5 Å². The quantitative estimate of drug-likeness (QED) is 0.839. The molecule has 0 amide bonds. The predicted octanol–water partition coefficient (Wildman–Crippen LogP) is 3.08. The van der Waals surface area contributed by atoms with Crippen molar-refractivity contribution >= 4 is 0 Å². The number of aromatic nitrogens is 2. The van der Waals surface area contributed by atoms with Gasteiger partial charge in [0.1, 0.15) is 0 Å². The molecule has 0 aromatic carbocycles. The Hall–Kier alpha value is -0.870. The van der Waals surface area contributed by atoms with E-state index in [1.54, 1.807) is 0 Å². The Balaban J connectivity index is 2.15. The third-order valence-electron chi connectivity index (χ3n) is 4.58. The van der Waals surface area contributed by atoms with E-state index in [9.17, 15) is 0 Å². The molecule has 2 rings (SSSR count). The van der Waals surface area contributed by atoms with Crippen molar-refractivity contribution in [1.82, 2.24) is 15.1 Å². The Morgan fingerprint density at radius 2 is 2.24 bits per heavy atom. The summed E-state index contributed by atoms with van der Waals surface area (Å²) >= 11 is 0. The molecule has 1 N–H and O–H groups in total. The maximum Gasteiger partial charge on any atom is 0.0810 e. The monoisotopic (exact) mass is 293 g/mol. The fraction of sp³-hybridized carbons (Fsp3) is 0.824. The van der Waals surface area contributed by atoms with E-state index in [4.69, 9.17) is 4.74 Å². The highest BCUT2D eigenvalue weighted by Crippen LogP contribution is 2.29. The van der Waals surface area contributed by atoms with Crippen LogP contribution in [0.15, 0.2) is 6.07 Å². The van der Waals surface area contributed by atoms with Crippen molar-refractivity contribution < 1.29 is 4.74 Å². The summed E-state index contributed by atoms with van der Waals surface area (Å²) in [6, 6.07) is 2.58. The van der Waals surface area contributed by atoms with E-state index in [0.29, 0.717) is 6.04 Å². The van der Waals surface area contributed by atoms with Gasteiger partial charge in [-0.15, -0.1) is 0 Å². The van der Waals surface area contributed by atoms with Crippen molar-refractivity contribution in [2.75, 3.05) is 13.2 Å². The van der Waals surface area contributed by atoms with Crippen LogP contribution in [0.25, 0.3) is 0 Å². The molecule has 0 radical (unpaired) electrons. The zero-order valence-corrected chi connectivity index (χ0v) is 14.1. The highest BCUT2D eigenvalue weighted by Gasteiger charge is 2.37. The molecule has 0 spiro atoms. The summed E-state index contributed by atoms with van der Waals surface area (Å²) in [5.41, 5.74) is 2.37. The van der Waals surface area contributed by atoms with Crippen molar-refractivity contribution in [2.24, 2.45) is 0 Å². The van der Waals surface area contributed by atoms with Gasteiger partial charge in [0.05, 0.1) is 11.3 Å². The van der Waals surface area contributed by atoms with Crippen LogP contribution in [-0.4, -0.2) is 34.6 Å². The number of ether oxygens (including phenoxy) is 1. The molecule has 2 unspecified atom stereocenters. The van der Waals surface area contributed by atoms with Gasteiger partial charge in [-0.05, 0) is 59.1 Å². The summed E-state index contributed by atoms with van der Waals surface area (Å²) in [5, 5.41) is 8.30. The average Bonchev–Trinajstić information content (AvgIpc) is 2.84. The summed E-state index contributed by atoms with van der Waals surface area (Å²) in [5.74, 6) is 0. The van der Waals surface area contributed by atoms with E-state index in [0.717, 1.165) is 44.7 Å². The molecule has 4 heteroatoms. The first-order chi connectivity index (χ1) is 10.1. The van der Waals surface area contributed by atoms with E-state index in [-0.39, 0.29) is 5.60 Å². The Labute approximate surface area is 129 Å². The first kappa shape index (κ1) is 16.5. The minimum absolute atomic E-state index is 0.0514. The standard InChI is InChI=1S/C17H31N3O/c1-5-10-18-16(17(4)9-7-8-11-21-17)13-15-12-14(3)19-20(15)6-2/h12,16,18H,5-11,13H2,1-4H3. The molecule has 0 bridgehead atoms. The summed E-state index contributed by atoms with van der Waals surface area (Å²) in [6.45, 7) is 11.6. The number of nitrogens with one attached hydrogen (secondary N) is 1. The molecule has 1 fully saturated rings. The molecule has 2 heterocycles. The van der Waals surface area contributed by atoms with Crippen molar-refractivity contribution in [2.45, 2.75) is 78.0 Å². The number of aryl methyl sites for hydroxylation is 2. The fourth-order valence-corrected chi connectivity index (χ4v) is 3.30. The lowest BCUT2D eigenvalue weighted by molar-refractivity contribution is -0.0886. The van der Waals surface area contributed by atoms with Gasteiger partial charge in [0, 0.05) is 31.3 Å². The topological polar surface area (TPSA) is 39.1 Å². The summed E-state index contributed by atoms with van der Waals surface area (Å²) < 4.78 is 8.31. The SMILES string of the molecule is CCCNC(Cc1cc(C)nn1CC)C1(C)CCCCO1. The van der Waals surface area contributed by atoms with E-state index in [1.807, 2.05) is 0 Å². The second kappa shape index (κ2) is 7.41. The third kappa shape index (κ3) is 4.07. The molecular formula is C17H31N3O. The highest BCUT2D eigenvalue weighted by atomic mass is 16.5. The average molecular weight is 293 g/mol. The van der Waals surface area contributed by atoms with Crippen molar-refractivity contribution in [3.8, 4) is 0 Å². The minimum Gasteiger partial charge on any atom is -0.374 e. The second-order valence-corrected chi connectivity index (χ2v) is 6.42. The number of nitrogens with zero attached hydrogens (tertiary/aromatic N) is 2. The molecule has 1 saturated heterocycles. The van der Waals surface area contributed by atoms with Gasteiger partial charge in [-0.2, -0.15) is 5.10 Å². The lowest BCUT2D eigenvalue weighted by Crippen LogP contribution is -2.53. The first-order valence-corrected chi connectivity index (χ1v) is 8.49. The van der Waals surface area contributed by atoms with Crippen molar-refractivity contribution in [3.63, 3.8) is 0 Å². The lowest BCUT2D eigenvalue weighted by atomic mass is 9.85. The zero-order chi connectivity index (χ0) is 15.3. The van der Waals surface area contributed by atoms with Crippen LogP contribution in [0.4, 0.5) is 0 Å². The molecule has 1 aliphatic rings. The van der Waals surface area contributed by atoms with Crippen molar-refractivity contribution in [1.29, 1.82) is 0 Å². The molecule has 0 saturated carbocycles. The van der Waals surface area contributed by atoms with Crippen LogP contribution in [0.2, 0.25) is 0 Å². The van der Waals surface area contributed by atoms with E-state index >= 15 is 0 Å². The van der Waals surface area contributed by atoms with Gasteiger partial charge in [0.2, 0.25) is 0 Å². The van der Waals surface area contributed by atoms with Gasteiger partial charge in [-0.1, -0.05) is 6.92 Å². The summed E-state index contributed by atoms with van der Waals surface area (Å²) in [6.07, 6.45) is 5.76. The van der Waals surface area contributed by atoms with Gasteiger partial charge >= 0.3 is 0 Å². The molecule has 1 aliphatic heterocycles. The molecule has 2 atom stereocenters. The van der Waals surface area contributed by atoms with Gasteiger partial charge in [-0.3, -0.25) is 4.68 Å². The Bertz CT molecular complexity index is 435. The lowest BCUT2D eigenvalue weighted by Gasteiger charge is -2.41. The van der Waals surface area contributed by atoms with Crippen LogP contribution in [0, 0.1) is 6.92 Å². The molecule has 4 nitrogen and oxygen atoms in total. The third-order valence-corrected chi connectivity index (χ3v) is 4.58. The predicted molar refractivity (Wildman–Crippen MR) is 86.6 cm³/mol. The Morgan fingerprint density at radius 1 is 1.43 bits per heavy atom. The largest absolute Gasteiger partial charge is 0.374 e. The second-order valence-electron chi connectivity index (χ2n) is 6.42. The van der Waals surface area contributed by atoms with Gasteiger partial charge in [0.15, 0.2) is 0 Å².